The second-order valence-corrected chi connectivity index (χ2v) is 33.9. The molecule has 0 N–H and O–H groups in total. The van der Waals surface area contributed by atoms with E-state index >= 15 is 0 Å². The number of furan rings is 2. The molecule has 0 saturated heterocycles. The van der Waals surface area contributed by atoms with E-state index in [2.05, 4.69) is 219 Å². The van der Waals surface area contributed by atoms with Crippen molar-refractivity contribution in [3.8, 4) is 0 Å². The third kappa shape index (κ3) is 7.26. The number of para-hydroxylation sites is 4. The first-order valence-corrected chi connectivity index (χ1v) is 34.4. The van der Waals surface area contributed by atoms with Crippen LogP contribution in [0.3, 0.4) is 0 Å². The highest BCUT2D eigenvalue weighted by molar-refractivity contribution is 6.89. The molecule has 2 heterocycles. The zero-order valence-corrected chi connectivity index (χ0v) is 45.7. The lowest BCUT2D eigenvalue weighted by Crippen LogP contribution is -2.37. The van der Waals surface area contributed by atoms with Crippen molar-refractivity contribution in [3.63, 3.8) is 0 Å². The summed E-state index contributed by atoms with van der Waals surface area (Å²) < 4.78 is 14.5. The Balaban J connectivity index is 1.00. The van der Waals surface area contributed by atoms with Crippen molar-refractivity contribution in [3.05, 3.63) is 181 Å². The smallest absolute Gasteiger partial charge is 0.159 e. The molecule has 4 nitrogen and oxygen atoms in total. The van der Waals surface area contributed by atoms with E-state index in [1.54, 1.807) is 0 Å². The lowest BCUT2D eigenvalue weighted by atomic mass is 9.91. The van der Waals surface area contributed by atoms with Crippen LogP contribution in [0.5, 0.6) is 0 Å². The summed E-state index contributed by atoms with van der Waals surface area (Å²) in [6.07, 6.45) is 10.0. The minimum absolute atomic E-state index is 0.539. The molecule has 0 bridgehead atoms. The fourth-order valence-corrected chi connectivity index (χ4v) is 15.7. The Labute approximate surface area is 436 Å². The van der Waals surface area contributed by atoms with E-state index in [1.165, 1.54) is 116 Å². The molecule has 0 unspecified atom stereocenters. The summed E-state index contributed by atoms with van der Waals surface area (Å²) in [7, 11) is -3.15. The van der Waals surface area contributed by atoms with Crippen LogP contribution in [0.25, 0.3) is 76.2 Å². The fourth-order valence-electron chi connectivity index (χ4n) is 13.3. The molecular formula is C68H64N2O2Si2. The van der Waals surface area contributed by atoms with Gasteiger partial charge in [-0.3, -0.25) is 0 Å². The predicted octanol–water partition coefficient (Wildman–Crippen LogP) is 19.7. The molecule has 10 aromatic carbocycles. The summed E-state index contributed by atoms with van der Waals surface area (Å²) in [4.78, 5) is 4.96. The van der Waals surface area contributed by atoms with Crippen LogP contribution < -0.4 is 20.2 Å². The topological polar surface area (TPSA) is 32.8 Å². The number of rotatable bonds is 10. The molecule has 14 rings (SSSR count). The summed E-state index contributed by atoms with van der Waals surface area (Å²) >= 11 is 0. The zero-order valence-electron chi connectivity index (χ0n) is 43.7. The van der Waals surface area contributed by atoms with Crippen molar-refractivity contribution >= 4 is 137 Å². The van der Waals surface area contributed by atoms with Gasteiger partial charge in [0.2, 0.25) is 0 Å². The number of benzene rings is 10. The Morgan fingerprint density at radius 3 is 1.07 bits per heavy atom. The average molecular weight is 997 g/mol. The predicted molar refractivity (Wildman–Crippen MR) is 322 cm³/mol. The first kappa shape index (κ1) is 45.5. The summed E-state index contributed by atoms with van der Waals surface area (Å²) in [6.45, 7) is 14.6. The van der Waals surface area contributed by atoms with E-state index in [-0.39, 0.29) is 0 Å². The molecule has 0 radical (unpaired) electrons. The van der Waals surface area contributed by atoms with Gasteiger partial charge in [-0.25, -0.2) is 0 Å². The van der Waals surface area contributed by atoms with Crippen molar-refractivity contribution in [2.45, 2.75) is 102 Å². The largest absolute Gasteiger partial charge is 0.454 e. The summed E-state index contributed by atoms with van der Waals surface area (Å²) in [5.74, 6) is 1.08. The van der Waals surface area contributed by atoms with Crippen LogP contribution in [-0.2, 0) is 0 Å². The number of fused-ring (bicyclic) bond motifs is 6. The van der Waals surface area contributed by atoms with Gasteiger partial charge in [-0.05, 0) is 119 Å². The van der Waals surface area contributed by atoms with Gasteiger partial charge in [-0.2, -0.15) is 0 Å². The van der Waals surface area contributed by atoms with E-state index in [0.29, 0.717) is 11.8 Å². The molecular weight excluding hydrogens is 933 g/mol. The van der Waals surface area contributed by atoms with Crippen LogP contribution >= 0.6 is 0 Å². The van der Waals surface area contributed by atoms with Gasteiger partial charge in [0.25, 0.3) is 0 Å². The third-order valence-electron chi connectivity index (χ3n) is 17.2. The van der Waals surface area contributed by atoms with Crippen molar-refractivity contribution < 1.29 is 8.83 Å². The highest BCUT2D eigenvalue weighted by atomic mass is 28.3. The minimum atomic E-state index is -1.58. The molecule has 2 saturated carbocycles. The fraction of sp³-hybridized carbons (Fsp3) is 0.235. The number of anilines is 6. The Morgan fingerprint density at radius 2 is 0.689 bits per heavy atom. The summed E-state index contributed by atoms with van der Waals surface area (Å²) in [5.41, 5.74) is 13.3. The van der Waals surface area contributed by atoms with Gasteiger partial charge in [0, 0.05) is 43.7 Å². The molecule has 0 atom stereocenters. The Kier molecular flexibility index (Phi) is 10.6. The third-order valence-corrected chi connectivity index (χ3v) is 21.4. The molecule has 2 fully saturated rings. The lowest BCUT2D eigenvalue weighted by Gasteiger charge is -2.30. The Bertz CT molecular complexity index is 3850. The molecule has 366 valence electrons. The number of hydrogen-bond donors (Lipinski definition) is 0. The van der Waals surface area contributed by atoms with Crippen LogP contribution in [0.4, 0.5) is 34.1 Å². The standard InChI is InChI=1S/C68H64N2O2Si2/c1-73(2,3)49-35-31-47(32-36-49)69(61-25-13-23-55-53-21-11-19-51(43-15-7-8-16-43)65(53)71-67(55)61)59-41-29-45-28-40-58-60(42-30-46-27-39-57(59)63(45)64(46)58)70(48-33-37-50(38-34-48)74(4,5)6)62-26-14-24-56-54-22-12-20-52(44-17-9-10-18-44)66(54)72-68(56)62/h11-14,19-44H,7-10,15-18H2,1-6H3. The van der Waals surface area contributed by atoms with E-state index in [1.807, 2.05) is 0 Å². The maximum atomic E-state index is 7.24. The van der Waals surface area contributed by atoms with Crippen LogP contribution in [0.15, 0.2) is 179 Å². The normalized spacial score (nSPS) is 15.2. The average Bonchev–Trinajstić information content (AvgIpc) is 4.28. The second-order valence-electron chi connectivity index (χ2n) is 23.8. The summed E-state index contributed by atoms with van der Waals surface area (Å²) in [5, 5.41) is 15.0. The molecule has 74 heavy (non-hydrogen) atoms. The minimum Gasteiger partial charge on any atom is -0.454 e. The molecule has 2 aromatic heterocycles. The number of hydrogen-bond acceptors (Lipinski definition) is 4. The maximum Gasteiger partial charge on any atom is 0.159 e. The van der Waals surface area contributed by atoms with E-state index in [9.17, 15) is 0 Å². The van der Waals surface area contributed by atoms with Crippen LogP contribution in [-0.4, -0.2) is 16.1 Å². The monoisotopic (exact) mass is 996 g/mol. The lowest BCUT2D eigenvalue weighted by molar-refractivity contribution is 0.643. The van der Waals surface area contributed by atoms with Gasteiger partial charge in [-0.1, -0.05) is 197 Å². The maximum absolute atomic E-state index is 7.24. The van der Waals surface area contributed by atoms with Gasteiger partial charge in [0.1, 0.15) is 11.2 Å². The van der Waals surface area contributed by atoms with E-state index < -0.39 is 16.1 Å². The molecule has 0 aliphatic heterocycles. The van der Waals surface area contributed by atoms with Crippen molar-refractivity contribution in [2.24, 2.45) is 0 Å². The molecule has 0 amide bonds. The molecule has 2 aliphatic carbocycles. The van der Waals surface area contributed by atoms with Crippen LogP contribution in [0.2, 0.25) is 39.3 Å². The molecule has 12 aromatic rings. The molecule has 0 spiro atoms. The highest BCUT2D eigenvalue weighted by Gasteiger charge is 2.29. The molecule has 6 heteroatoms. The first-order valence-electron chi connectivity index (χ1n) is 27.4. The van der Waals surface area contributed by atoms with Gasteiger partial charge < -0.3 is 18.6 Å². The summed E-state index contributed by atoms with van der Waals surface area (Å²) in [6, 6.07) is 64.8. The van der Waals surface area contributed by atoms with Gasteiger partial charge in [0.15, 0.2) is 11.2 Å². The van der Waals surface area contributed by atoms with E-state index in [4.69, 9.17) is 8.83 Å². The quantitative estimate of drug-likeness (QED) is 0.101. The van der Waals surface area contributed by atoms with Crippen LogP contribution in [0, 0.1) is 0 Å². The second kappa shape index (κ2) is 17.2. The van der Waals surface area contributed by atoms with Gasteiger partial charge in [0.05, 0.1) is 38.9 Å². The SMILES string of the molecule is C[Si](C)(C)c1ccc(N(c2ccc3ccc4c(N(c5ccc([Si](C)(C)C)cc5)c5cccc6c5oc5c(C7CCCC7)cccc56)ccc5ccc2c3c54)c2cccc3c2oc2c(C4CCCC4)cccc23)cc1. The van der Waals surface area contributed by atoms with Gasteiger partial charge >= 0.3 is 0 Å². The van der Waals surface area contributed by atoms with Crippen molar-refractivity contribution in [1.82, 2.24) is 0 Å². The van der Waals surface area contributed by atoms with Gasteiger partial charge in [-0.15, -0.1) is 0 Å². The number of nitrogens with zero attached hydrogens (tertiary/aromatic N) is 2. The molecule has 2 aliphatic rings. The van der Waals surface area contributed by atoms with Crippen molar-refractivity contribution in [1.29, 1.82) is 0 Å². The zero-order chi connectivity index (χ0) is 50.0. The van der Waals surface area contributed by atoms with E-state index in [0.717, 1.165) is 67.2 Å². The Hall–Kier alpha value is -7.13. The highest BCUT2D eigenvalue weighted by Crippen LogP contribution is 2.52. The van der Waals surface area contributed by atoms with Crippen LogP contribution in [0.1, 0.15) is 74.3 Å². The first-order chi connectivity index (χ1) is 36.0. The Morgan fingerprint density at radius 1 is 0.338 bits per heavy atom. The van der Waals surface area contributed by atoms with Crippen molar-refractivity contribution in [2.75, 3.05) is 9.80 Å².